The number of nitrogens with zero attached hydrogens (tertiary/aromatic N) is 4. The van der Waals surface area contributed by atoms with Crippen LogP contribution in [0.2, 0.25) is 5.02 Å². The van der Waals surface area contributed by atoms with Gasteiger partial charge in [0.25, 0.3) is 0 Å². The van der Waals surface area contributed by atoms with Gasteiger partial charge in [0.1, 0.15) is 13.7 Å². The number of hydrogen-bond acceptors (Lipinski definition) is 5. The second-order valence-corrected chi connectivity index (χ2v) is 11.1. The number of benzene rings is 2. The van der Waals surface area contributed by atoms with Crippen molar-refractivity contribution in [1.29, 1.82) is 0 Å². The Kier molecular flexibility index (Phi) is 6.10. The Morgan fingerprint density at radius 3 is 2.50 bits per heavy atom. The van der Waals surface area contributed by atoms with Gasteiger partial charge in [-0.1, -0.05) is 47.5 Å². The summed E-state index contributed by atoms with van der Waals surface area (Å²) in [5, 5.41) is 8.71. The number of aromatic nitrogens is 3. The van der Waals surface area contributed by atoms with Gasteiger partial charge >= 0.3 is 0 Å². The van der Waals surface area contributed by atoms with Gasteiger partial charge in [-0.15, -0.1) is 0 Å². The van der Waals surface area contributed by atoms with Crippen molar-refractivity contribution in [3.05, 3.63) is 71.4 Å². The molecule has 1 N–H and O–H groups in total. The number of sulfonamides is 1. The highest BCUT2D eigenvalue weighted by atomic mass is 35.5. The van der Waals surface area contributed by atoms with Gasteiger partial charge < -0.3 is 5.32 Å². The number of rotatable bonds is 5. The van der Waals surface area contributed by atoms with Crippen LogP contribution in [-0.4, -0.2) is 54.3 Å². The van der Waals surface area contributed by atoms with Crippen LogP contribution in [0.5, 0.6) is 0 Å². The molecule has 1 fully saturated rings. The standard InChI is InChI=1S/C24H25BClN5O2S/c1-16-6-8-18(9-7-16)34(32,33)30-12-10-17(11-13-30)28-23-14-22(19-4-2-3-5-21(19)26)29-24-20(25)15-27-31(23)24/h2-9,14-15,17,28H,10-13,25H2,1H3. The van der Waals surface area contributed by atoms with Crippen LogP contribution in [0, 0.1) is 6.92 Å². The minimum atomic E-state index is -3.49. The highest BCUT2D eigenvalue weighted by Gasteiger charge is 2.29. The number of fused-ring (bicyclic) bond motifs is 1. The van der Waals surface area contributed by atoms with E-state index < -0.39 is 10.0 Å². The van der Waals surface area contributed by atoms with Crippen molar-refractivity contribution in [1.82, 2.24) is 18.9 Å². The molecule has 0 saturated carbocycles. The first-order chi connectivity index (χ1) is 16.3. The average Bonchev–Trinajstić information content (AvgIpc) is 3.21. The van der Waals surface area contributed by atoms with Crippen LogP contribution in [-0.2, 0) is 10.0 Å². The number of nitrogens with one attached hydrogen (secondary N) is 1. The minimum absolute atomic E-state index is 0.110. The summed E-state index contributed by atoms with van der Waals surface area (Å²) in [5.41, 5.74) is 4.39. The highest BCUT2D eigenvalue weighted by molar-refractivity contribution is 7.89. The summed E-state index contributed by atoms with van der Waals surface area (Å²) in [7, 11) is -1.51. The van der Waals surface area contributed by atoms with Crippen molar-refractivity contribution >= 4 is 46.4 Å². The van der Waals surface area contributed by atoms with E-state index in [1.54, 1.807) is 27.2 Å². The molecular weight excluding hydrogens is 469 g/mol. The van der Waals surface area contributed by atoms with Crippen molar-refractivity contribution in [3.8, 4) is 11.3 Å². The van der Waals surface area contributed by atoms with E-state index in [0.717, 1.165) is 33.7 Å². The lowest BCUT2D eigenvalue weighted by Gasteiger charge is -2.32. The van der Waals surface area contributed by atoms with E-state index in [1.807, 2.05) is 57.2 Å². The summed E-state index contributed by atoms with van der Waals surface area (Å²) < 4.78 is 29.5. The molecule has 2 aromatic carbocycles. The fourth-order valence-electron chi connectivity index (χ4n) is 4.29. The second-order valence-electron chi connectivity index (χ2n) is 8.71. The minimum Gasteiger partial charge on any atom is -0.367 e. The maximum Gasteiger partial charge on any atom is 0.243 e. The van der Waals surface area contributed by atoms with Gasteiger partial charge in [0.05, 0.1) is 10.6 Å². The van der Waals surface area contributed by atoms with Crippen molar-refractivity contribution in [2.45, 2.75) is 30.7 Å². The van der Waals surface area contributed by atoms with E-state index in [2.05, 4.69) is 10.4 Å². The van der Waals surface area contributed by atoms with Gasteiger partial charge in [0.15, 0.2) is 5.65 Å². The average molecular weight is 494 g/mol. The number of halogens is 1. The molecule has 2 aromatic heterocycles. The molecule has 1 aliphatic heterocycles. The van der Waals surface area contributed by atoms with Gasteiger partial charge in [-0.25, -0.2) is 13.4 Å². The largest absolute Gasteiger partial charge is 0.367 e. The van der Waals surface area contributed by atoms with E-state index in [-0.39, 0.29) is 6.04 Å². The van der Waals surface area contributed by atoms with Gasteiger partial charge in [-0.3, -0.25) is 0 Å². The third kappa shape index (κ3) is 4.31. The Morgan fingerprint density at radius 2 is 1.79 bits per heavy atom. The molecule has 0 atom stereocenters. The lowest BCUT2D eigenvalue weighted by Crippen LogP contribution is -2.42. The zero-order valence-corrected chi connectivity index (χ0v) is 20.6. The molecule has 174 valence electrons. The third-order valence-corrected chi connectivity index (χ3v) is 8.51. The lowest BCUT2D eigenvalue weighted by molar-refractivity contribution is 0.329. The predicted octanol–water partition coefficient (Wildman–Crippen LogP) is 2.88. The van der Waals surface area contributed by atoms with Crippen LogP contribution in [0.25, 0.3) is 16.9 Å². The Morgan fingerprint density at radius 1 is 1.09 bits per heavy atom. The van der Waals surface area contributed by atoms with Crippen LogP contribution >= 0.6 is 11.6 Å². The third-order valence-electron chi connectivity index (χ3n) is 6.26. The Balaban J connectivity index is 1.37. The molecule has 4 aromatic rings. The van der Waals surface area contributed by atoms with Crippen LogP contribution in [0.4, 0.5) is 5.82 Å². The fourth-order valence-corrected chi connectivity index (χ4v) is 5.99. The van der Waals surface area contributed by atoms with Gasteiger partial charge in [0.2, 0.25) is 10.0 Å². The van der Waals surface area contributed by atoms with Crippen molar-refractivity contribution in [2.24, 2.45) is 0 Å². The molecular formula is C24H25BClN5O2S. The van der Waals surface area contributed by atoms with E-state index in [1.165, 1.54) is 0 Å². The first kappa shape index (κ1) is 22.9. The van der Waals surface area contributed by atoms with Crippen LogP contribution in [0.3, 0.4) is 0 Å². The normalized spacial score (nSPS) is 15.6. The molecule has 3 heterocycles. The zero-order chi connectivity index (χ0) is 23.9. The van der Waals surface area contributed by atoms with E-state index in [9.17, 15) is 8.42 Å². The monoisotopic (exact) mass is 493 g/mol. The summed E-state index contributed by atoms with van der Waals surface area (Å²) in [6.07, 6.45) is 3.17. The summed E-state index contributed by atoms with van der Waals surface area (Å²) in [6, 6.07) is 16.7. The Hall–Kier alpha value is -2.88. The highest BCUT2D eigenvalue weighted by Crippen LogP contribution is 2.29. The van der Waals surface area contributed by atoms with Crippen LogP contribution < -0.4 is 10.8 Å². The second kappa shape index (κ2) is 9.05. The topological polar surface area (TPSA) is 79.6 Å². The predicted molar refractivity (Wildman–Crippen MR) is 138 cm³/mol. The first-order valence-electron chi connectivity index (χ1n) is 11.3. The van der Waals surface area contributed by atoms with E-state index in [4.69, 9.17) is 16.6 Å². The van der Waals surface area contributed by atoms with E-state index in [0.29, 0.717) is 35.8 Å². The van der Waals surface area contributed by atoms with Crippen molar-refractivity contribution in [3.63, 3.8) is 0 Å². The van der Waals surface area contributed by atoms with Crippen LogP contribution in [0.15, 0.2) is 65.7 Å². The molecule has 0 spiro atoms. The smallest absolute Gasteiger partial charge is 0.243 e. The van der Waals surface area contributed by atoms with Crippen molar-refractivity contribution in [2.75, 3.05) is 18.4 Å². The van der Waals surface area contributed by atoms with Crippen molar-refractivity contribution < 1.29 is 8.42 Å². The molecule has 0 bridgehead atoms. The molecule has 34 heavy (non-hydrogen) atoms. The molecule has 1 saturated heterocycles. The summed E-state index contributed by atoms with van der Waals surface area (Å²) in [6.45, 7) is 2.86. The number of hydrogen-bond donors (Lipinski definition) is 1. The SMILES string of the molecule is Bc1cnn2c(NC3CCN(S(=O)(=O)c4ccc(C)cc4)CC3)cc(-c3ccccc3Cl)nc12. The molecule has 7 nitrogen and oxygen atoms in total. The summed E-state index contributed by atoms with van der Waals surface area (Å²) in [5.74, 6) is 0.813. The Bertz CT molecular complexity index is 1450. The van der Waals surface area contributed by atoms with Gasteiger partial charge in [-0.05, 0) is 43.4 Å². The maximum absolute atomic E-state index is 13.0. The molecule has 0 radical (unpaired) electrons. The molecule has 0 unspecified atom stereocenters. The van der Waals surface area contributed by atoms with Gasteiger partial charge in [0, 0.05) is 42.0 Å². The molecule has 0 amide bonds. The summed E-state index contributed by atoms with van der Waals surface area (Å²) in [4.78, 5) is 5.14. The number of anilines is 1. The lowest BCUT2D eigenvalue weighted by atomic mass is 10.0. The number of aryl methyl sites for hydroxylation is 1. The molecule has 1 aliphatic rings. The Labute approximate surface area is 205 Å². The molecule has 5 rings (SSSR count). The molecule has 0 aliphatic carbocycles. The number of piperidine rings is 1. The van der Waals surface area contributed by atoms with Gasteiger partial charge in [-0.2, -0.15) is 13.9 Å². The van der Waals surface area contributed by atoms with Crippen LogP contribution in [0.1, 0.15) is 18.4 Å². The zero-order valence-electron chi connectivity index (χ0n) is 19.1. The molecule has 10 heteroatoms. The summed E-state index contributed by atoms with van der Waals surface area (Å²) >= 11 is 6.44. The quantitative estimate of drug-likeness (QED) is 0.433. The fraction of sp³-hybridized carbons (Fsp3) is 0.250. The first-order valence-corrected chi connectivity index (χ1v) is 13.1. The maximum atomic E-state index is 13.0. The van der Waals surface area contributed by atoms with E-state index >= 15 is 0 Å².